The highest BCUT2D eigenvalue weighted by molar-refractivity contribution is 9.10. The number of aryl methyl sites for hydroxylation is 1. The molecule has 0 radical (unpaired) electrons. The van der Waals surface area contributed by atoms with Crippen LogP contribution in [-0.2, 0) is 0 Å². The van der Waals surface area contributed by atoms with Gasteiger partial charge in [-0.3, -0.25) is 0 Å². The molecular formula is C14H9Br2NS2. The number of halogens is 2. The van der Waals surface area contributed by atoms with E-state index in [-0.39, 0.29) is 0 Å². The van der Waals surface area contributed by atoms with E-state index in [1.54, 1.807) is 22.7 Å². The lowest BCUT2D eigenvalue weighted by atomic mass is 10.1. The van der Waals surface area contributed by atoms with Crippen LogP contribution in [0.15, 0.2) is 44.7 Å². The molecule has 96 valence electrons. The van der Waals surface area contributed by atoms with Gasteiger partial charge in [0.2, 0.25) is 0 Å². The lowest BCUT2D eigenvalue weighted by Gasteiger charge is -1.98. The van der Waals surface area contributed by atoms with Crippen LogP contribution in [0.3, 0.4) is 0 Å². The van der Waals surface area contributed by atoms with Gasteiger partial charge in [0.15, 0.2) is 0 Å². The minimum absolute atomic E-state index is 1.08. The van der Waals surface area contributed by atoms with Crippen molar-refractivity contribution < 1.29 is 0 Å². The van der Waals surface area contributed by atoms with E-state index in [1.807, 2.05) is 0 Å². The smallest absolute Gasteiger partial charge is 0.134 e. The fourth-order valence-electron chi connectivity index (χ4n) is 1.80. The summed E-state index contributed by atoms with van der Waals surface area (Å²) >= 11 is 10.4. The number of hydrogen-bond donors (Lipinski definition) is 0. The van der Waals surface area contributed by atoms with E-state index in [4.69, 9.17) is 4.98 Å². The van der Waals surface area contributed by atoms with Crippen LogP contribution in [0.1, 0.15) is 4.88 Å². The summed E-state index contributed by atoms with van der Waals surface area (Å²) in [6, 6.07) is 10.4. The Morgan fingerprint density at radius 1 is 1.05 bits per heavy atom. The zero-order valence-corrected chi connectivity index (χ0v) is 14.8. The minimum Gasteiger partial charge on any atom is -0.235 e. The number of rotatable bonds is 2. The summed E-state index contributed by atoms with van der Waals surface area (Å²) < 4.78 is 2.21. The molecule has 0 aliphatic carbocycles. The van der Waals surface area contributed by atoms with Crippen molar-refractivity contribution in [2.45, 2.75) is 6.92 Å². The highest BCUT2D eigenvalue weighted by Crippen LogP contribution is 2.37. The second kappa shape index (κ2) is 5.48. The molecule has 0 fully saturated rings. The van der Waals surface area contributed by atoms with Gasteiger partial charge >= 0.3 is 0 Å². The predicted molar refractivity (Wildman–Crippen MR) is 91.0 cm³/mol. The molecule has 0 N–H and O–H groups in total. The third-order valence-electron chi connectivity index (χ3n) is 2.69. The van der Waals surface area contributed by atoms with E-state index in [9.17, 15) is 0 Å². The number of hydrogen-bond acceptors (Lipinski definition) is 3. The number of benzene rings is 1. The molecule has 0 saturated carbocycles. The summed E-state index contributed by atoms with van der Waals surface area (Å²) in [6.07, 6.45) is 0. The normalized spacial score (nSPS) is 10.9. The Morgan fingerprint density at radius 3 is 2.42 bits per heavy atom. The molecule has 19 heavy (non-hydrogen) atoms. The van der Waals surface area contributed by atoms with Crippen LogP contribution in [-0.4, -0.2) is 4.98 Å². The minimum atomic E-state index is 1.08. The van der Waals surface area contributed by atoms with Crippen LogP contribution in [0.2, 0.25) is 0 Å². The molecular weight excluding hydrogens is 406 g/mol. The van der Waals surface area contributed by atoms with Crippen molar-refractivity contribution in [2.24, 2.45) is 0 Å². The van der Waals surface area contributed by atoms with Crippen LogP contribution in [0.25, 0.3) is 21.1 Å². The van der Waals surface area contributed by atoms with Gasteiger partial charge in [-0.05, 0) is 41.1 Å². The van der Waals surface area contributed by atoms with Gasteiger partial charge in [-0.25, -0.2) is 4.98 Å². The van der Waals surface area contributed by atoms with Crippen LogP contribution in [0.5, 0.6) is 0 Å². The Balaban J connectivity index is 2.04. The van der Waals surface area contributed by atoms with Gasteiger partial charge in [-0.15, -0.1) is 22.7 Å². The number of aromatic nitrogens is 1. The van der Waals surface area contributed by atoms with E-state index < -0.39 is 0 Å². The Labute approximate surface area is 136 Å². The molecule has 3 aromatic rings. The summed E-state index contributed by atoms with van der Waals surface area (Å²) in [6.45, 7) is 2.13. The number of thiazole rings is 1. The third kappa shape index (κ3) is 2.84. The third-order valence-corrected chi connectivity index (χ3v) is 6.05. The van der Waals surface area contributed by atoms with Gasteiger partial charge in [0.05, 0.1) is 10.6 Å². The molecule has 0 aliphatic heterocycles. The first-order chi connectivity index (χ1) is 9.13. The SMILES string of the molecule is Cc1sc(-c2cc(Br)cs2)nc1-c1ccc(Br)cc1. The fraction of sp³-hybridized carbons (Fsp3) is 0.0714. The number of thiophene rings is 1. The van der Waals surface area contributed by atoms with E-state index in [2.05, 4.69) is 74.5 Å². The van der Waals surface area contributed by atoms with Gasteiger partial charge in [-0.2, -0.15) is 0 Å². The maximum Gasteiger partial charge on any atom is 0.134 e. The van der Waals surface area contributed by atoms with E-state index in [0.717, 1.165) is 19.6 Å². The monoisotopic (exact) mass is 413 g/mol. The van der Waals surface area contributed by atoms with Crippen LogP contribution in [0.4, 0.5) is 0 Å². The Morgan fingerprint density at radius 2 is 1.79 bits per heavy atom. The maximum absolute atomic E-state index is 4.79. The largest absolute Gasteiger partial charge is 0.235 e. The molecule has 0 atom stereocenters. The van der Waals surface area contributed by atoms with Gasteiger partial charge in [-0.1, -0.05) is 28.1 Å². The summed E-state index contributed by atoms with van der Waals surface area (Å²) in [4.78, 5) is 7.25. The second-order valence-electron chi connectivity index (χ2n) is 4.06. The molecule has 0 bridgehead atoms. The van der Waals surface area contributed by atoms with E-state index >= 15 is 0 Å². The van der Waals surface area contributed by atoms with Crippen LogP contribution >= 0.6 is 54.5 Å². The Hall–Kier alpha value is -0.490. The molecule has 2 heterocycles. The topological polar surface area (TPSA) is 12.9 Å². The van der Waals surface area contributed by atoms with Crippen molar-refractivity contribution in [3.05, 3.63) is 49.5 Å². The van der Waals surface area contributed by atoms with Gasteiger partial charge in [0.25, 0.3) is 0 Å². The summed E-state index contributed by atoms with van der Waals surface area (Å²) in [5.41, 5.74) is 2.25. The first-order valence-corrected chi connectivity index (χ1v) is 8.89. The number of nitrogens with zero attached hydrogens (tertiary/aromatic N) is 1. The molecule has 0 saturated heterocycles. The van der Waals surface area contributed by atoms with Crippen molar-refractivity contribution >= 4 is 54.5 Å². The average Bonchev–Trinajstić information content (AvgIpc) is 2.97. The van der Waals surface area contributed by atoms with E-state index in [0.29, 0.717) is 0 Å². The Bertz CT molecular complexity index is 713. The van der Waals surface area contributed by atoms with Gasteiger partial charge < -0.3 is 0 Å². The van der Waals surface area contributed by atoms with Crippen molar-refractivity contribution in [3.8, 4) is 21.1 Å². The molecule has 0 unspecified atom stereocenters. The highest BCUT2D eigenvalue weighted by atomic mass is 79.9. The Kier molecular flexibility index (Phi) is 3.89. The molecule has 2 aromatic heterocycles. The van der Waals surface area contributed by atoms with Crippen molar-refractivity contribution in [1.29, 1.82) is 0 Å². The quantitative estimate of drug-likeness (QED) is 0.474. The standard InChI is InChI=1S/C14H9Br2NS2/c1-8-13(9-2-4-10(15)5-3-9)17-14(19-8)12-6-11(16)7-18-12/h2-7H,1H3. The maximum atomic E-state index is 4.79. The van der Waals surface area contributed by atoms with Crippen molar-refractivity contribution in [2.75, 3.05) is 0 Å². The first-order valence-electron chi connectivity index (χ1n) is 5.61. The summed E-state index contributed by atoms with van der Waals surface area (Å²) in [5.74, 6) is 0. The first kappa shape index (κ1) is 13.5. The zero-order chi connectivity index (χ0) is 13.4. The average molecular weight is 415 g/mol. The predicted octanol–water partition coefficient (Wildman–Crippen LogP) is 6.37. The lowest BCUT2D eigenvalue weighted by Crippen LogP contribution is -1.80. The van der Waals surface area contributed by atoms with Crippen LogP contribution in [0, 0.1) is 6.92 Å². The zero-order valence-electron chi connectivity index (χ0n) is 9.98. The molecule has 1 nitrogen and oxygen atoms in total. The summed E-state index contributed by atoms with van der Waals surface area (Å²) in [5, 5.41) is 3.18. The molecule has 3 rings (SSSR count). The van der Waals surface area contributed by atoms with Gasteiger partial charge in [0, 0.05) is 24.8 Å². The molecule has 5 heteroatoms. The summed E-state index contributed by atoms with van der Waals surface area (Å²) in [7, 11) is 0. The highest BCUT2D eigenvalue weighted by Gasteiger charge is 2.12. The molecule has 0 aliphatic rings. The molecule has 0 amide bonds. The van der Waals surface area contributed by atoms with Crippen molar-refractivity contribution in [1.82, 2.24) is 4.98 Å². The fourth-order valence-corrected chi connectivity index (χ4v) is 4.49. The van der Waals surface area contributed by atoms with Crippen molar-refractivity contribution in [3.63, 3.8) is 0 Å². The van der Waals surface area contributed by atoms with Crippen LogP contribution < -0.4 is 0 Å². The lowest BCUT2D eigenvalue weighted by molar-refractivity contribution is 1.38. The van der Waals surface area contributed by atoms with E-state index in [1.165, 1.54) is 15.3 Å². The second-order valence-corrected chi connectivity index (χ2v) is 8.01. The molecule has 0 spiro atoms. The molecule has 1 aromatic carbocycles. The van der Waals surface area contributed by atoms with Gasteiger partial charge in [0.1, 0.15) is 5.01 Å².